The van der Waals surface area contributed by atoms with E-state index >= 15 is 0 Å². The van der Waals surface area contributed by atoms with E-state index in [4.69, 9.17) is 0 Å². The molecule has 1 aliphatic rings. The van der Waals surface area contributed by atoms with Crippen LogP contribution in [0.4, 0.5) is 0 Å². The van der Waals surface area contributed by atoms with Gasteiger partial charge in [0.1, 0.15) is 0 Å². The third-order valence-electron chi connectivity index (χ3n) is 10.9. The maximum atomic E-state index is 2.59. The second-order valence-corrected chi connectivity index (χ2v) is 13.7. The molecule has 0 bridgehead atoms. The first kappa shape index (κ1) is 28.3. The van der Waals surface area contributed by atoms with Crippen LogP contribution in [0, 0.1) is 0 Å². The molecule has 1 unspecified atom stereocenters. The zero-order valence-corrected chi connectivity index (χ0v) is 27.9. The minimum absolute atomic E-state index is 0.221. The summed E-state index contributed by atoms with van der Waals surface area (Å²) in [6.07, 6.45) is 9.98. The van der Waals surface area contributed by atoms with Gasteiger partial charge in [0.2, 0.25) is 0 Å². The van der Waals surface area contributed by atoms with Gasteiger partial charge in [0.05, 0.1) is 33.6 Å². The van der Waals surface area contributed by atoms with Crippen molar-refractivity contribution in [1.29, 1.82) is 0 Å². The Morgan fingerprint density at radius 2 is 0.902 bits per heavy atom. The number of fused-ring (bicyclic) bond motifs is 10. The Kier molecular flexibility index (Phi) is 6.08. The summed E-state index contributed by atoms with van der Waals surface area (Å²) in [6.45, 7) is 0. The Balaban J connectivity index is 1.31. The lowest BCUT2D eigenvalue weighted by atomic mass is 10.0. The van der Waals surface area contributed by atoms with Gasteiger partial charge in [-0.05, 0) is 60.0 Å². The molecular weight excluding hydrogens is 619 g/mol. The number of rotatable bonds is 4. The normalized spacial score (nSPS) is 14.6. The van der Waals surface area contributed by atoms with E-state index in [1.807, 2.05) is 0 Å². The topological polar surface area (TPSA) is 14.8 Å². The van der Waals surface area contributed by atoms with Gasteiger partial charge in [0.25, 0.3) is 0 Å². The van der Waals surface area contributed by atoms with Crippen molar-refractivity contribution in [2.75, 3.05) is 0 Å². The summed E-state index contributed by atoms with van der Waals surface area (Å²) in [5.74, 6) is 0. The first-order chi connectivity index (χ1) is 25.3. The maximum absolute atomic E-state index is 2.59. The number of allylic oxidation sites excluding steroid dienone is 4. The number of hydrogen-bond acceptors (Lipinski definition) is 0. The van der Waals surface area contributed by atoms with Crippen molar-refractivity contribution < 1.29 is 0 Å². The van der Waals surface area contributed by atoms with E-state index < -0.39 is 0 Å². The maximum Gasteiger partial charge on any atom is 0.0785 e. The molecule has 3 heteroatoms. The molecule has 0 saturated heterocycles. The quantitative estimate of drug-likeness (QED) is 0.180. The standard InChI is InChI=1S/C48H33N3/c1-3-15-32(16-4-1)33-29-35(49-43-23-11-7-19-37(43)38-20-8-12-24-44(38)49)31-36(30-33)51-46-26-14-10-22-40(46)42-28-27-41-39-21-9-13-25-45(39)50(47(41)48(42)51)34-17-5-2-6-18-34/h1-17,19-31,34H,18H2. The summed E-state index contributed by atoms with van der Waals surface area (Å²) in [6, 6.07) is 58.3. The van der Waals surface area contributed by atoms with Gasteiger partial charge in [0, 0.05) is 49.2 Å². The highest BCUT2D eigenvalue weighted by atomic mass is 15.1. The van der Waals surface area contributed by atoms with Crippen molar-refractivity contribution >= 4 is 65.4 Å². The van der Waals surface area contributed by atoms with Gasteiger partial charge in [-0.1, -0.05) is 140 Å². The molecule has 0 radical (unpaired) electrons. The molecular formula is C48H33N3. The smallest absolute Gasteiger partial charge is 0.0785 e. The first-order valence-corrected chi connectivity index (χ1v) is 17.8. The zero-order valence-electron chi connectivity index (χ0n) is 27.9. The number of aromatic nitrogens is 3. The third kappa shape index (κ3) is 4.12. The molecule has 10 aromatic rings. The molecule has 1 atom stereocenters. The number of para-hydroxylation sites is 4. The molecule has 0 fully saturated rings. The lowest BCUT2D eigenvalue weighted by Gasteiger charge is -2.20. The monoisotopic (exact) mass is 651 g/mol. The Hall–Kier alpha value is -6.58. The van der Waals surface area contributed by atoms with Crippen LogP contribution in [0.3, 0.4) is 0 Å². The molecule has 0 aliphatic heterocycles. The molecule has 240 valence electrons. The Bertz CT molecular complexity index is 3000. The lowest BCUT2D eigenvalue weighted by molar-refractivity contribution is 0.648. The van der Waals surface area contributed by atoms with Gasteiger partial charge in [0.15, 0.2) is 0 Å². The van der Waals surface area contributed by atoms with Crippen molar-refractivity contribution in [3.05, 3.63) is 182 Å². The SMILES string of the molecule is C1=CCC(n2c3ccccc3c3ccc4c5ccccc5n(-c5cc(-c6ccccc6)cc(-n6c7ccccc7c7ccccc76)c5)c4c32)C=C1. The van der Waals surface area contributed by atoms with Crippen molar-refractivity contribution in [3.8, 4) is 22.5 Å². The fourth-order valence-electron chi connectivity index (χ4n) is 8.76. The molecule has 1 aliphatic carbocycles. The van der Waals surface area contributed by atoms with Crippen LogP contribution in [0.15, 0.2) is 182 Å². The van der Waals surface area contributed by atoms with Crippen LogP contribution in [0.2, 0.25) is 0 Å². The predicted molar refractivity (Wildman–Crippen MR) is 215 cm³/mol. The average Bonchev–Trinajstić information content (AvgIpc) is 3.84. The summed E-state index contributed by atoms with van der Waals surface area (Å²) < 4.78 is 7.58. The Labute approximate surface area is 295 Å². The van der Waals surface area contributed by atoms with Crippen LogP contribution in [0.1, 0.15) is 12.5 Å². The summed E-state index contributed by atoms with van der Waals surface area (Å²) in [4.78, 5) is 0. The van der Waals surface area contributed by atoms with Crippen LogP contribution in [0.25, 0.3) is 87.9 Å². The van der Waals surface area contributed by atoms with E-state index in [0.29, 0.717) is 0 Å². The average molecular weight is 652 g/mol. The van der Waals surface area contributed by atoms with E-state index in [1.165, 1.54) is 76.5 Å². The molecule has 0 saturated carbocycles. The van der Waals surface area contributed by atoms with Gasteiger partial charge in [-0.25, -0.2) is 0 Å². The summed E-state index contributed by atoms with van der Waals surface area (Å²) >= 11 is 0. The van der Waals surface area contributed by atoms with Crippen LogP contribution in [-0.2, 0) is 0 Å². The highest BCUT2D eigenvalue weighted by Gasteiger charge is 2.24. The highest BCUT2D eigenvalue weighted by Crippen LogP contribution is 2.44. The van der Waals surface area contributed by atoms with Crippen LogP contribution >= 0.6 is 0 Å². The summed E-state index contributed by atoms with van der Waals surface area (Å²) in [5, 5.41) is 7.62. The van der Waals surface area contributed by atoms with Crippen LogP contribution in [0.5, 0.6) is 0 Å². The van der Waals surface area contributed by atoms with E-state index in [9.17, 15) is 0 Å². The summed E-state index contributed by atoms with van der Waals surface area (Å²) in [5.41, 5.74) is 12.1. The molecule has 7 aromatic carbocycles. The molecule has 0 N–H and O–H groups in total. The molecule has 3 aromatic heterocycles. The second-order valence-electron chi connectivity index (χ2n) is 13.7. The van der Waals surface area contributed by atoms with Crippen molar-refractivity contribution in [2.45, 2.75) is 12.5 Å². The van der Waals surface area contributed by atoms with Crippen molar-refractivity contribution in [2.24, 2.45) is 0 Å². The summed E-state index contributed by atoms with van der Waals surface area (Å²) in [7, 11) is 0. The minimum atomic E-state index is 0.221. The predicted octanol–water partition coefficient (Wildman–Crippen LogP) is 12.7. The zero-order chi connectivity index (χ0) is 33.5. The number of benzene rings is 7. The number of nitrogens with zero attached hydrogens (tertiary/aromatic N) is 3. The van der Waals surface area contributed by atoms with Crippen molar-refractivity contribution in [1.82, 2.24) is 13.7 Å². The molecule has 11 rings (SSSR count). The van der Waals surface area contributed by atoms with E-state index in [-0.39, 0.29) is 6.04 Å². The van der Waals surface area contributed by atoms with Gasteiger partial charge in [-0.3, -0.25) is 0 Å². The van der Waals surface area contributed by atoms with E-state index in [1.54, 1.807) is 0 Å². The van der Waals surface area contributed by atoms with E-state index in [0.717, 1.165) is 17.8 Å². The van der Waals surface area contributed by atoms with Gasteiger partial charge in [-0.2, -0.15) is 0 Å². The van der Waals surface area contributed by atoms with E-state index in [2.05, 4.69) is 196 Å². The molecule has 0 spiro atoms. The minimum Gasteiger partial charge on any atom is -0.331 e. The van der Waals surface area contributed by atoms with Crippen molar-refractivity contribution in [3.63, 3.8) is 0 Å². The second kappa shape index (κ2) is 11.0. The molecule has 3 heterocycles. The molecule has 0 amide bonds. The largest absolute Gasteiger partial charge is 0.331 e. The van der Waals surface area contributed by atoms with Crippen LogP contribution in [-0.4, -0.2) is 13.7 Å². The highest BCUT2D eigenvalue weighted by molar-refractivity contribution is 6.23. The van der Waals surface area contributed by atoms with Gasteiger partial charge < -0.3 is 13.7 Å². The fourth-order valence-corrected chi connectivity index (χ4v) is 8.76. The third-order valence-corrected chi connectivity index (χ3v) is 10.9. The van der Waals surface area contributed by atoms with Gasteiger partial charge >= 0.3 is 0 Å². The Morgan fingerprint density at radius 3 is 1.53 bits per heavy atom. The molecule has 51 heavy (non-hydrogen) atoms. The first-order valence-electron chi connectivity index (χ1n) is 17.8. The fraction of sp³-hybridized carbons (Fsp3) is 0.0417. The van der Waals surface area contributed by atoms with Gasteiger partial charge in [-0.15, -0.1) is 0 Å². The molecule has 3 nitrogen and oxygen atoms in total. The number of hydrogen-bond donors (Lipinski definition) is 0. The Morgan fingerprint density at radius 1 is 0.392 bits per heavy atom. The van der Waals surface area contributed by atoms with Crippen LogP contribution < -0.4 is 0 Å². The lowest BCUT2D eigenvalue weighted by Crippen LogP contribution is -2.08.